The van der Waals surface area contributed by atoms with Crippen LogP contribution >= 0.6 is 0 Å². The Balaban J connectivity index is 1.26. The first-order chi connectivity index (χ1) is 14.6. The van der Waals surface area contributed by atoms with Crippen molar-refractivity contribution in [3.63, 3.8) is 0 Å². The summed E-state index contributed by atoms with van der Waals surface area (Å²) in [4.78, 5) is 21.3. The van der Waals surface area contributed by atoms with Gasteiger partial charge in [-0.3, -0.25) is 9.69 Å². The molecule has 1 aromatic heterocycles. The van der Waals surface area contributed by atoms with E-state index in [4.69, 9.17) is 4.42 Å². The zero-order valence-electron chi connectivity index (χ0n) is 17.0. The van der Waals surface area contributed by atoms with Gasteiger partial charge in [0.2, 0.25) is 5.89 Å². The quantitative estimate of drug-likeness (QED) is 0.678. The molecule has 30 heavy (non-hydrogen) atoms. The van der Waals surface area contributed by atoms with E-state index < -0.39 is 0 Å². The number of hydrogen-bond acceptors (Lipinski definition) is 5. The maximum atomic E-state index is 13.0. The number of amides is 1. The second kappa shape index (κ2) is 9.09. The highest BCUT2D eigenvalue weighted by molar-refractivity contribution is 5.91. The first-order valence-electron chi connectivity index (χ1n) is 10.1. The third-order valence-electron chi connectivity index (χ3n) is 5.28. The molecule has 1 fully saturated rings. The molecule has 2 aromatic carbocycles. The summed E-state index contributed by atoms with van der Waals surface area (Å²) in [6.45, 7) is 6.67. The van der Waals surface area contributed by atoms with Gasteiger partial charge >= 0.3 is 0 Å². The van der Waals surface area contributed by atoms with Crippen molar-refractivity contribution >= 4 is 11.6 Å². The number of anilines is 1. The van der Waals surface area contributed by atoms with Gasteiger partial charge in [-0.05, 0) is 36.8 Å². The van der Waals surface area contributed by atoms with Crippen LogP contribution in [0.3, 0.4) is 0 Å². The van der Waals surface area contributed by atoms with Crippen LogP contribution in [0.25, 0.3) is 0 Å². The van der Waals surface area contributed by atoms with Crippen LogP contribution in [-0.2, 0) is 13.1 Å². The molecular formula is C23H25FN4O2. The normalized spacial score (nSPS) is 14.7. The highest BCUT2D eigenvalue weighted by atomic mass is 19.1. The molecule has 1 N–H and O–H groups in total. The summed E-state index contributed by atoms with van der Waals surface area (Å²) in [6.07, 6.45) is 1.39. The van der Waals surface area contributed by atoms with Crippen molar-refractivity contribution in [1.82, 2.24) is 15.2 Å². The molecular weight excluding hydrogens is 383 g/mol. The van der Waals surface area contributed by atoms with Gasteiger partial charge in [0.05, 0.1) is 6.54 Å². The van der Waals surface area contributed by atoms with E-state index in [1.807, 2.05) is 0 Å². The van der Waals surface area contributed by atoms with E-state index >= 15 is 0 Å². The summed E-state index contributed by atoms with van der Waals surface area (Å²) in [5.41, 5.74) is 3.58. The van der Waals surface area contributed by atoms with Crippen LogP contribution in [0.1, 0.15) is 27.5 Å². The van der Waals surface area contributed by atoms with Crippen molar-refractivity contribution in [2.45, 2.75) is 20.0 Å². The summed E-state index contributed by atoms with van der Waals surface area (Å²) in [6, 6.07) is 14.6. The molecule has 0 bridgehead atoms. The Morgan fingerprint density at radius 2 is 1.77 bits per heavy atom. The molecule has 2 heterocycles. The van der Waals surface area contributed by atoms with Gasteiger partial charge in [0.25, 0.3) is 5.91 Å². The Hall–Kier alpha value is -3.19. The second-order valence-corrected chi connectivity index (χ2v) is 7.53. The molecule has 6 nitrogen and oxygen atoms in total. The topological polar surface area (TPSA) is 61.6 Å². The lowest BCUT2D eigenvalue weighted by molar-refractivity contribution is 0.0946. The lowest BCUT2D eigenvalue weighted by Crippen LogP contribution is -2.46. The lowest BCUT2D eigenvalue weighted by Gasteiger charge is -2.35. The number of nitrogens with one attached hydrogen (secondary N) is 1. The molecule has 0 atom stereocenters. The number of benzene rings is 2. The summed E-state index contributed by atoms with van der Waals surface area (Å²) in [7, 11) is 0. The highest BCUT2D eigenvalue weighted by Gasteiger charge is 2.20. The van der Waals surface area contributed by atoms with Crippen molar-refractivity contribution in [1.29, 1.82) is 0 Å². The minimum absolute atomic E-state index is 0.255. The standard InChI is InChI=1S/C23H25FN4O2/c1-17-2-8-20(9-3-17)28-12-10-27(11-13-28)15-22-26-21(16-30-22)23(29)25-14-18-4-6-19(24)7-5-18/h2-9,16H,10-15H2,1H3,(H,25,29). The fraction of sp³-hybridized carbons (Fsp3) is 0.304. The number of hydrogen-bond donors (Lipinski definition) is 1. The molecule has 0 saturated carbocycles. The number of carbonyl (C=O) groups is 1. The molecule has 1 aliphatic heterocycles. The summed E-state index contributed by atoms with van der Waals surface area (Å²) in [5.74, 6) is -0.0739. The SMILES string of the molecule is Cc1ccc(N2CCN(Cc3nc(C(=O)NCc4ccc(F)cc4)co3)CC2)cc1. The number of oxazole rings is 1. The van der Waals surface area contributed by atoms with Crippen molar-refractivity contribution in [2.75, 3.05) is 31.1 Å². The average molecular weight is 408 g/mol. The highest BCUT2D eigenvalue weighted by Crippen LogP contribution is 2.18. The zero-order valence-corrected chi connectivity index (χ0v) is 17.0. The van der Waals surface area contributed by atoms with E-state index in [1.165, 1.54) is 29.6 Å². The predicted octanol–water partition coefficient (Wildman–Crippen LogP) is 3.37. The Bertz CT molecular complexity index is 977. The number of carbonyl (C=O) groups excluding carboxylic acids is 1. The average Bonchev–Trinajstić information content (AvgIpc) is 3.23. The molecule has 7 heteroatoms. The molecule has 0 radical (unpaired) electrons. The number of piperazine rings is 1. The number of halogens is 1. The number of rotatable bonds is 6. The van der Waals surface area contributed by atoms with Crippen LogP contribution < -0.4 is 10.2 Å². The van der Waals surface area contributed by atoms with Crippen molar-refractivity contribution in [3.8, 4) is 0 Å². The minimum Gasteiger partial charge on any atom is -0.447 e. The van der Waals surface area contributed by atoms with Gasteiger partial charge in [0.1, 0.15) is 12.1 Å². The molecule has 1 aliphatic rings. The van der Waals surface area contributed by atoms with Crippen molar-refractivity contribution in [3.05, 3.63) is 83.3 Å². The van der Waals surface area contributed by atoms with Gasteiger partial charge in [0.15, 0.2) is 5.69 Å². The van der Waals surface area contributed by atoms with E-state index in [0.29, 0.717) is 19.0 Å². The molecule has 4 rings (SSSR count). The number of aryl methyl sites for hydroxylation is 1. The van der Waals surface area contributed by atoms with Crippen LogP contribution in [0.15, 0.2) is 59.2 Å². The molecule has 1 amide bonds. The van der Waals surface area contributed by atoms with Crippen molar-refractivity contribution < 1.29 is 13.6 Å². The maximum absolute atomic E-state index is 13.0. The predicted molar refractivity (Wildman–Crippen MR) is 113 cm³/mol. The van der Waals surface area contributed by atoms with Crippen LogP contribution in [0.4, 0.5) is 10.1 Å². The van der Waals surface area contributed by atoms with Crippen LogP contribution in [0.2, 0.25) is 0 Å². The second-order valence-electron chi connectivity index (χ2n) is 7.53. The van der Waals surface area contributed by atoms with Gasteiger partial charge in [0, 0.05) is 38.4 Å². The van der Waals surface area contributed by atoms with Crippen LogP contribution in [0.5, 0.6) is 0 Å². The van der Waals surface area contributed by atoms with Gasteiger partial charge in [-0.2, -0.15) is 0 Å². The van der Waals surface area contributed by atoms with Crippen molar-refractivity contribution in [2.24, 2.45) is 0 Å². The largest absolute Gasteiger partial charge is 0.447 e. The summed E-state index contributed by atoms with van der Waals surface area (Å²) >= 11 is 0. The number of nitrogens with zero attached hydrogens (tertiary/aromatic N) is 3. The van der Waals surface area contributed by atoms with E-state index in [1.54, 1.807) is 12.1 Å². The van der Waals surface area contributed by atoms with E-state index in [2.05, 4.69) is 51.3 Å². The Labute approximate surface area is 175 Å². The first-order valence-corrected chi connectivity index (χ1v) is 10.1. The van der Waals surface area contributed by atoms with Crippen LogP contribution in [-0.4, -0.2) is 42.0 Å². The molecule has 0 spiro atoms. The molecule has 156 valence electrons. The fourth-order valence-corrected chi connectivity index (χ4v) is 3.47. The Morgan fingerprint density at radius 3 is 2.47 bits per heavy atom. The summed E-state index contributed by atoms with van der Waals surface area (Å²) in [5, 5.41) is 2.78. The van der Waals surface area contributed by atoms with Crippen LogP contribution in [0, 0.1) is 12.7 Å². The number of aromatic nitrogens is 1. The lowest BCUT2D eigenvalue weighted by atomic mass is 10.2. The van der Waals surface area contributed by atoms with Gasteiger partial charge < -0.3 is 14.6 Å². The minimum atomic E-state index is -0.307. The smallest absolute Gasteiger partial charge is 0.273 e. The molecule has 1 saturated heterocycles. The van der Waals surface area contributed by atoms with Gasteiger partial charge in [-0.1, -0.05) is 29.8 Å². The third-order valence-corrected chi connectivity index (χ3v) is 5.28. The third kappa shape index (κ3) is 5.04. The Kier molecular flexibility index (Phi) is 6.09. The summed E-state index contributed by atoms with van der Waals surface area (Å²) < 4.78 is 18.5. The molecule has 0 unspecified atom stereocenters. The Morgan fingerprint density at radius 1 is 1.07 bits per heavy atom. The zero-order chi connectivity index (χ0) is 20.9. The van der Waals surface area contributed by atoms with E-state index in [0.717, 1.165) is 31.7 Å². The fourth-order valence-electron chi connectivity index (χ4n) is 3.47. The van der Waals surface area contributed by atoms with E-state index in [-0.39, 0.29) is 17.4 Å². The molecule has 0 aliphatic carbocycles. The monoisotopic (exact) mass is 408 g/mol. The maximum Gasteiger partial charge on any atom is 0.273 e. The van der Waals surface area contributed by atoms with Gasteiger partial charge in [-0.25, -0.2) is 9.37 Å². The van der Waals surface area contributed by atoms with Gasteiger partial charge in [-0.15, -0.1) is 0 Å². The first kappa shape index (κ1) is 20.1. The molecule has 3 aromatic rings. The van der Waals surface area contributed by atoms with E-state index in [9.17, 15) is 9.18 Å².